The smallest absolute Gasteiger partial charge is 0.310 e. The summed E-state index contributed by atoms with van der Waals surface area (Å²) < 4.78 is 6.54. The Bertz CT molecular complexity index is 477. The molecule has 2 rings (SSSR count). The van der Waals surface area contributed by atoms with Crippen molar-refractivity contribution in [2.24, 2.45) is 0 Å². The van der Waals surface area contributed by atoms with Gasteiger partial charge in [-0.25, -0.2) is 4.68 Å². The molecule has 0 spiro atoms. The lowest BCUT2D eigenvalue weighted by molar-refractivity contribution is -0.142. The van der Waals surface area contributed by atoms with E-state index in [9.17, 15) is 4.79 Å². The van der Waals surface area contributed by atoms with Crippen LogP contribution in [0.4, 0.5) is 0 Å². The van der Waals surface area contributed by atoms with E-state index in [1.54, 1.807) is 24.0 Å². The molecule has 1 heterocycles. The number of carbonyl (C=O) groups is 1. The number of benzene rings is 1. The summed E-state index contributed by atoms with van der Waals surface area (Å²) in [5.41, 5.74) is 1.84. The van der Waals surface area contributed by atoms with Gasteiger partial charge in [0.1, 0.15) is 0 Å². The highest BCUT2D eigenvalue weighted by molar-refractivity contribution is 5.72. The Balaban J connectivity index is 2.06. The average Bonchev–Trinajstić information content (AvgIpc) is 2.84. The number of ether oxygens (including phenoxy) is 1. The first-order chi connectivity index (χ1) is 8.29. The molecule has 0 saturated carbocycles. The molecule has 0 atom stereocenters. The lowest BCUT2D eigenvalue weighted by Crippen LogP contribution is -2.07. The molecule has 17 heavy (non-hydrogen) atoms. The number of carbonyl (C=O) groups excluding carboxylic acids is 1. The van der Waals surface area contributed by atoms with Crippen LogP contribution in [0.15, 0.2) is 36.7 Å². The van der Waals surface area contributed by atoms with Gasteiger partial charge in [-0.15, -0.1) is 5.10 Å². The Morgan fingerprint density at radius 2 is 2.12 bits per heavy atom. The van der Waals surface area contributed by atoms with E-state index in [0.29, 0.717) is 13.0 Å². The molecule has 0 aliphatic rings. The van der Waals surface area contributed by atoms with Crippen LogP contribution in [0.3, 0.4) is 0 Å². The van der Waals surface area contributed by atoms with Crippen LogP contribution in [-0.2, 0) is 16.0 Å². The summed E-state index contributed by atoms with van der Waals surface area (Å²) in [6, 6.07) is 7.55. The molecule has 88 valence electrons. The van der Waals surface area contributed by atoms with Gasteiger partial charge in [0.05, 0.1) is 31.1 Å². The van der Waals surface area contributed by atoms with Crippen molar-refractivity contribution in [2.75, 3.05) is 6.61 Å². The van der Waals surface area contributed by atoms with Gasteiger partial charge in [-0.05, 0) is 24.6 Å². The fourth-order valence-electron chi connectivity index (χ4n) is 1.49. The van der Waals surface area contributed by atoms with Crippen molar-refractivity contribution in [1.29, 1.82) is 0 Å². The number of hydrogen-bond donors (Lipinski definition) is 0. The highest BCUT2D eigenvalue weighted by atomic mass is 16.5. The fourth-order valence-corrected chi connectivity index (χ4v) is 1.49. The fraction of sp³-hybridized carbons (Fsp3) is 0.250. The zero-order chi connectivity index (χ0) is 12.1. The highest BCUT2D eigenvalue weighted by Crippen LogP contribution is 2.09. The summed E-state index contributed by atoms with van der Waals surface area (Å²) in [4.78, 5) is 11.3. The first-order valence-corrected chi connectivity index (χ1v) is 5.41. The van der Waals surface area contributed by atoms with Crippen molar-refractivity contribution in [3.63, 3.8) is 0 Å². The third kappa shape index (κ3) is 2.90. The summed E-state index contributed by atoms with van der Waals surface area (Å²) in [7, 11) is 0. The van der Waals surface area contributed by atoms with Gasteiger partial charge in [0.2, 0.25) is 0 Å². The Morgan fingerprint density at radius 3 is 2.71 bits per heavy atom. The summed E-state index contributed by atoms with van der Waals surface area (Å²) >= 11 is 0. The third-order valence-electron chi connectivity index (χ3n) is 2.28. The molecule has 0 saturated heterocycles. The van der Waals surface area contributed by atoms with Crippen molar-refractivity contribution in [3.8, 4) is 5.69 Å². The van der Waals surface area contributed by atoms with Gasteiger partial charge in [-0.3, -0.25) is 4.79 Å². The van der Waals surface area contributed by atoms with E-state index in [1.165, 1.54) is 0 Å². The summed E-state index contributed by atoms with van der Waals surface area (Å²) in [5, 5.41) is 7.61. The molecular weight excluding hydrogens is 218 g/mol. The minimum absolute atomic E-state index is 0.207. The lowest BCUT2D eigenvalue weighted by Gasteiger charge is -2.03. The average molecular weight is 231 g/mol. The van der Waals surface area contributed by atoms with Crippen molar-refractivity contribution in [3.05, 3.63) is 42.2 Å². The van der Waals surface area contributed by atoms with Gasteiger partial charge >= 0.3 is 5.97 Å². The molecule has 0 radical (unpaired) electrons. The quantitative estimate of drug-likeness (QED) is 0.746. The second-order valence-electron chi connectivity index (χ2n) is 3.50. The Labute approximate surface area is 99.0 Å². The molecule has 5 nitrogen and oxygen atoms in total. The van der Waals surface area contributed by atoms with Crippen LogP contribution in [0.5, 0.6) is 0 Å². The Kier molecular flexibility index (Phi) is 3.49. The summed E-state index contributed by atoms with van der Waals surface area (Å²) in [5.74, 6) is -0.207. The zero-order valence-corrected chi connectivity index (χ0v) is 9.54. The van der Waals surface area contributed by atoms with E-state index in [2.05, 4.69) is 10.3 Å². The SMILES string of the molecule is CCOC(=O)Cc1ccc(-n2ccnn2)cc1. The first-order valence-electron chi connectivity index (χ1n) is 5.41. The molecule has 5 heteroatoms. The Hall–Kier alpha value is -2.17. The highest BCUT2D eigenvalue weighted by Gasteiger charge is 2.04. The van der Waals surface area contributed by atoms with Crippen LogP contribution in [0.25, 0.3) is 5.69 Å². The van der Waals surface area contributed by atoms with Crippen LogP contribution in [0.1, 0.15) is 12.5 Å². The predicted octanol–water partition coefficient (Wildman–Crippen LogP) is 1.37. The second kappa shape index (κ2) is 5.25. The van der Waals surface area contributed by atoms with Crippen molar-refractivity contribution >= 4 is 5.97 Å². The minimum Gasteiger partial charge on any atom is -0.466 e. The van der Waals surface area contributed by atoms with Gasteiger partial charge < -0.3 is 4.74 Å². The van der Waals surface area contributed by atoms with Crippen LogP contribution in [0.2, 0.25) is 0 Å². The van der Waals surface area contributed by atoms with Crippen LogP contribution >= 0.6 is 0 Å². The van der Waals surface area contributed by atoms with Crippen molar-refractivity contribution in [2.45, 2.75) is 13.3 Å². The van der Waals surface area contributed by atoms with Gasteiger partial charge in [0.25, 0.3) is 0 Å². The van der Waals surface area contributed by atoms with E-state index < -0.39 is 0 Å². The molecule has 0 aliphatic heterocycles. The number of hydrogen-bond acceptors (Lipinski definition) is 4. The Morgan fingerprint density at radius 1 is 1.35 bits per heavy atom. The molecule has 0 aliphatic carbocycles. The first kappa shape index (κ1) is 11.3. The third-order valence-corrected chi connectivity index (χ3v) is 2.28. The molecule has 0 fully saturated rings. The largest absolute Gasteiger partial charge is 0.466 e. The zero-order valence-electron chi connectivity index (χ0n) is 9.54. The van der Waals surface area contributed by atoms with Gasteiger partial charge in [-0.2, -0.15) is 0 Å². The molecule has 1 aromatic heterocycles. The maximum Gasteiger partial charge on any atom is 0.310 e. The number of rotatable bonds is 4. The second-order valence-corrected chi connectivity index (χ2v) is 3.50. The molecule has 0 unspecified atom stereocenters. The molecule has 0 amide bonds. The molecule has 2 aromatic rings. The number of nitrogens with zero attached hydrogens (tertiary/aromatic N) is 3. The number of esters is 1. The van der Waals surface area contributed by atoms with Crippen molar-refractivity contribution < 1.29 is 9.53 Å². The maximum absolute atomic E-state index is 11.3. The van der Waals surface area contributed by atoms with E-state index in [1.807, 2.05) is 24.3 Å². The predicted molar refractivity (Wildman–Crippen MR) is 61.7 cm³/mol. The van der Waals surface area contributed by atoms with Gasteiger partial charge in [-0.1, -0.05) is 17.3 Å². The van der Waals surface area contributed by atoms with Crippen LogP contribution < -0.4 is 0 Å². The van der Waals surface area contributed by atoms with Crippen LogP contribution in [-0.4, -0.2) is 27.6 Å². The van der Waals surface area contributed by atoms with Gasteiger partial charge in [0, 0.05) is 0 Å². The summed E-state index contributed by atoms with van der Waals surface area (Å²) in [6.07, 6.45) is 3.68. The monoisotopic (exact) mass is 231 g/mol. The normalized spacial score (nSPS) is 10.2. The van der Waals surface area contributed by atoms with Crippen LogP contribution in [0, 0.1) is 0 Å². The maximum atomic E-state index is 11.3. The van der Waals surface area contributed by atoms with E-state index in [4.69, 9.17) is 4.74 Å². The molecular formula is C12H13N3O2. The summed E-state index contributed by atoms with van der Waals surface area (Å²) in [6.45, 7) is 2.21. The number of aromatic nitrogens is 3. The van der Waals surface area contributed by atoms with E-state index in [-0.39, 0.29) is 5.97 Å². The van der Waals surface area contributed by atoms with E-state index in [0.717, 1.165) is 11.3 Å². The van der Waals surface area contributed by atoms with Gasteiger partial charge in [0.15, 0.2) is 0 Å². The molecule has 1 aromatic carbocycles. The molecule has 0 N–H and O–H groups in total. The van der Waals surface area contributed by atoms with E-state index >= 15 is 0 Å². The molecule has 0 bridgehead atoms. The minimum atomic E-state index is -0.207. The standard InChI is InChI=1S/C12H13N3O2/c1-2-17-12(16)9-10-3-5-11(6-4-10)15-8-7-13-14-15/h3-8H,2,9H2,1H3. The lowest BCUT2D eigenvalue weighted by atomic mass is 10.1. The van der Waals surface area contributed by atoms with Crippen molar-refractivity contribution in [1.82, 2.24) is 15.0 Å². The topological polar surface area (TPSA) is 57.0 Å².